The van der Waals surface area contributed by atoms with Crippen LogP contribution in [0.5, 0.6) is 5.75 Å². The molecule has 2 aliphatic rings. The quantitative estimate of drug-likeness (QED) is 0.852. The van der Waals surface area contributed by atoms with Crippen LogP contribution in [-0.2, 0) is 9.53 Å². The largest absolute Gasteiger partial charge is 0.505 e. The lowest BCUT2D eigenvalue weighted by Gasteiger charge is -2.27. The third kappa shape index (κ3) is 2.68. The molecule has 1 aliphatic carbocycles. The van der Waals surface area contributed by atoms with Gasteiger partial charge in [-0.3, -0.25) is 4.79 Å². The summed E-state index contributed by atoms with van der Waals surface area (Å²) < 4.78 is 18.3. The standard InChI is InChI=1S/C16H16FNO4/c17-12-8-10(6-7-13(12)19)9-14-15(20)18(16(21)22-14)11-4-2-1-3-5-11/h6-9,11,19H,1-5H2. The van der Waals surface area contributed by atoms with Crippen LogP contribution in [0.3, 0.4) is 0 Å². The van der Waals surface area contributed by atoms with Crippen LogP contribution in [0.15, 0.2) is 24.0 Å². The Morgan fingerprint density at radius 2 is 1.95 bits per heavy atom. The zero-order valence-electron chi connectivity index (χ0n) is 11.9. The fourth-order valence-electron chi connectivity index (χ4n) is 2.90. The summed E-state index contributed by atoms with van der Waals surface area (Å²) in [5, 5.41) is 9.15. The third-order valence-electron chi connectivity index (χ3n) is 4.03. The number of carbonyl (C=O) groups is 2. The first-order chi connectivity index (χ1) is 10.6. The number of hydrogen-bond acceptors (Lipinski definition) is 4. The maximum atomic E-state index is 13.3. The van der Waals surface area contributed by atoms with Crippen LogP contribution in [0.2, 0.25) is 0 Å². The number of imide groups is 1. The zero-order valence-corrected chi connectivity index (χ0v) is 11.9. The van der Waals surface area contributed by atoms with Gasteiger partial charge in [0.15, 0.2) is 17.3 Å². The highest BCUT2D eigenvalue weighted by Gasteiger charge is 2.41. The second-order valence-corrected chi connectivity index (χ2v) is 5.55. The molecule has 1 aliphatic heterocycles. The highest BCUT2D eigenvalue weighted by atomic mass is 19.1. The smallest absolute Gasteiger partial charge is 0.422 e. The molecule has 0 spiro atoms. The van der Waals surface area contributed by atoms with Gasteiger partial charge < -0.3 is 9.84 Å². The van der Waals surface area contributed by atoms with Crippen molar-refractivity contribution in [3.8, 4) is 5.75 Å². The van der Waals surface area contributed by atoms with E-state index in [4.69, 9.17) is 9.84 Å². The van der Waals surface area contributed by atoms with E-state index < -0.39 is 23.6 Å². The van der Waals surface area contributed by atoms with Gasteiger partial charge >= 0.3 is 6.09 Å². The molecule has 2 fully saturated rings. The van der Waals surface area contributed by atoms with Crippen LogP contribution in [0.4, 0.5) is 9.18 Å². The predicted octanol–water partition coefficient (Wildman–Crippen LogP) is 3.18. The van der Waals surface area contributed by atoms with Crippen LogP contribution < -0.4 is 0 Å². The van der Waals surface area contributed by atoms with Gasteiger partial charge in [-0.15, -0.1) is 0 Å². The summed E-state index contributed by atoms with van der Waals surface area (Å²) in [5.41, 5.74) is 0.344. The van der Waals surface area contributed by atoms with E-state index in [1.807, 2.05) is 0 Å². The molecule has 3 rings (SSSR count). The minimum absolute atomic E-state index is 0.110. The van der Waals surface area contributed by atoms with Gasteiger partial charge in [-0.2, -0.15) is 0 Å². The normalized spacial score (nSPS) is 21.5. The van der Waals surface area contributed by atoms with E-state index in [2.05, 4.69) is 0 Å². The molecule has 0 bridgehead atoms. The molecular formula is C16H16FNO4. The van der Waals surface area contributed by atoms with E-state index in [1.54, 1.807) is 0 Å². The Hall–Kier alpha value is -2.37. The number of phenolic OH excluding ortho intramolecular Hbond substituents is 1. The third-order valence-corrected chi connectivity index (χ3v) is 4.03. The number of cyclic esters (lactones) is 1. The van der Waals surface area contributed by atoms with Crippen molar-refractivity contribution < 1.29 is 23.8 Å². The van der Waals surface area contributed by atoms with E-state index in [1.165, 1.54) is 23.1 Å². The maximum absolute atomic E-state index is 13.3. The molecule has 0 atom stereocenters. The van der Waals surface area contributed by atoms with Gasteiger partial charge in [0, 0.05) is 6.04 Å². The van der Waals surface area contributed by atoms with Crippen molar-refractivity contribution in [2.24, 2.45) is 0 Å². The van der Waals surface area contributed by atoms with Crippen molar-refractivity contribution in [1.82, 2.24) is 4.90 Å². The van der Waals surface area contributed by atoms with Gasteiger partial charge in [0.2, 0.25) is 0 Å². The van der Waals surface area contributed by atoms with Crippen molar-refractivity contribution in [1.29, 1.82) is 0 Å². The van der Waals surface area contributed by atoms with Gasteiger partial charge in [0.05, 0.1) is 0 Å². The summed E-state index contributed by atoms with van der Waals surface area (Å²) in [7, 11) is 0. The fraction of sp³-hybridized carbons (Fsp3) is 0.375. The van der Waals surface area contributed by atoms with E-state index >= 15 is 0 Å². The number of phenols is 1. The Morgan fingerprint density at radius 3 is 2.64 bits per heavy atom. The van der Waals surface area contributed by atoms with E-state index in [-0.39, 0.29) is 11.8 Å². The van der Waals surface area contributed by atoms with Gasteiger partial charge in [0.25, 0.3) is 5.91 Å². The molecule has 5 nitrogen and oxygen atoms in total. The Bertz CT molecular complexity index is 650. The summed E-state index contributed by atoms with van der Waals surface area (Å²) in [6.45, 7) is 0. The molecule has 116 valence electrons. The van der Waals surface area contributed by atoms with Gasteiger partial charge in [-0.05, 0) is 36.6 Å². The van der Waals surface area contributed by atoms with Crippen LogP contribution in [0, 0.1) is 5.82 Å². The molecule has 0 unspecified atom stereocenters. The number of ether oxygens (including phenoxy) is 1. The maximum Gasteiger partial charge on any atom is 0.422 e. The summed E-state index contributed by atoms with van der Waals surface area (Å²) in [6.07, 6.45) is 5.33. The van der Waals surface area contributed by atoms with Gasteiger partial charge in [0.1, 0.15) is 0 Å². The topological polar surface area (TPSA) is 66.8 Å². The Balaban J connectivity index is 1.83. The molecule has 1 aromatic rings. The lowest BCUT2D eigenvalue weighted by Crippen LogP contribution is -2.40. The van der Waals surface area contributed by atoms with Crippen molar-refractivity contribution in [2.75, 3.05) is 0 Å². The lowest BCUT2D eigenvalue weighted by molar-refractivity contribution is -0.125. The van der Waals surface area contributed by atoms with Crippen molar-refractivity contribution in [2.45, 2.75) is 38.1 Å². The molecule has 1 saturated heterocycles. The van der Waals surface area contributed by atoms with Gasteiger partial charge in [-0.1, -0.05) is 25.3 Å². The highest BCUT2D eigenvalue weighted by molar-refractivity contribution is 6.10. The second-order valence-electron chi connectivity index (χ2n) is 5.55. The molecule has 2 amide bonds. The first-order valence-corrected chi connectivity index (χ1v) is 7.32. The van der Waals surface area contributed by atoms with Crippen molar-refractivity contribution >= 4 is 18.1 Å². The molecule has 1 heterocycles. The van der Waals surface area contributed by atoms with Gasteiger partial charge in [-0.25, -0.2) is 14.1 Å². The molecule has 0 aromatic heterocycles. The number of nitrogens with zero attached hydrogens (tertiary/aromatic N) is 1. The SMILES string of the molecule is O=C1OC(=Cc2ccc(O)c(F)c2)C(=O)N1C1CCCCC1. The summed E-state index contributed by atoms with van der Waals surface area (Å²) >= 11 is 0. The average molecular weight is 305 g/mol. The molecule has 1 saturated carbocycles. The first kappa shape index (κ1) is 14.6. The molecule has 1 N–H and O–H groups in total. The number of aromatic hydroxyl groups is 1. The number of amides is 2. The van der Waals surface area contributed by atoms with Crippen LogP contribution >= 0.6 is 0 Å². The summed E-state index contributed by atoms with van der Waals surface area (Å²) in [6, 6.07) is 3.58. The fourth-order valence-corrected chi connectivity index (χ4v) is 2.90. The van der Waals surface area contributed by atoms with Crippen LogP contribution in [-0.4, -0.2) is 28.0 Å². The summed E-state index contributed by atoms with van der Waals surface area (Å²) in [4.78, 5) is 25.4. The second kappa shape index (κ2) is 5.79. The summed E-state index contributed by atoms with van der Waals surface area (Å²) in [5.74, 6) is -1.86. The molecule has 0 radical (unpaired) electrons. The van der Waals surface area contributed by atoms with E-state index in [0.717, 1.165) is 38.2 Å². The first-order valence-electron chi connectivity index (χ1n) is 7.32. The average Bonchev–Trinajstić information content (AvgIpc) is 2.78. The van der Waals surface area contributed by atoms with Crippen LogP contribution in [0.25, 0.3) is 6.08 Å². The number of benzene rings is 1. The Labute approximate surface area is 127 Å². The zero-order chi connectivity index (χ0) is 15.7. The molecular weight excluding hydrogens is 289 g/mol. The number of hydrogen-bond donors (Lipinski definition) is 1. The minimum Gasteiger partial charge on any atom is -0.505 e. The van der Waals surface area contributed by atoms with Crippen LogP contribution in [0.1, 0.15) is 37.7 Å². The van der Waals surface area contributed by atoms with E-state index in [9.17, 15) is 14.0 Å². The van der Waals surface area contributed by atoms with E-state index in [0.29, 0.717) is 5.56 Å². The highest BCUT2D eigenvalue weighted by Crippen LogP contribution is 2.29. The molecule has 1 aromatic carbocycles. The van der Waals surface area contributed by atoms with Crippen molar-refractivity contribution in [3.63, 3.8) is 0 Å². The number of halogens is 1. The Kier molecular flexibility index (Phi) is 3.83. The minimum atomic E-state index is -0.796. The monoisotopic (exact) mass is 305 g/mol. The molecule has 22 heavy (non-hydrogen) atoms. The number of carbonyl (C=O) groups excluding carboxylic acids is 2. The predicted molar refractivity (Wildman–Crippen MR) is 76.2 cm³/mol. The lowest BCUT2D eigenvalue weighted by atomic mass is 9.94. The Morgan fingerprint density at radius 1 is 1.23 bits per heavy atom. The van der Waals surface area contributed by atoms with Crippen molar-refractivity contribution in [3.05, 3.63) is 35.3 Å². The number of rotatable bonds is 2. The molecule has 6 heteroatoms.